The molecule has 0 saturated carbocycles. The van der Waals surface area contributed by atoms with Crippen LogP contribution in [-0.4, -0.2) is 22.4 Å². The van der Waals surface area contributed by atoms with Gasteiger partial charge in [-0.25, -0.2) is 0 Å². The van der Waals surface area contributed by atoms with Gasteiger partial charge in [-0.15, -0.1) is 0 Å². The minimum absolute atomic E-state index is 0.583. The van der Waals surface area contributed by atoms with Crippen molar-refractivity contribution >= 4 is 15.9 Å². The molecule has 2 heterocycles. The van der Waals surface area contributed by atoms with Gasteiger partial charge >= 0.3 is 0 Å². The van der Waals surface area contributed by atoms with Crippen LogP contribution in [0.2, 0.25) is 0 Å². The molecular formula is C15H18BrN3. The van der Waals surface area contributed by atoms with Crippen molar-refractivity contribution in [1.82, 2.24) is 15.1 Å². The SMILES string of the molecule is Cc1cc(-c2cnn(CC3CCCN3)c2)ccc1Br. The number of benzene rings is 1. The van der Waals surface area contributed by atoms with Crippen LogP contribution in [0.1, 0.15) is 18.4 Å². The first-order valence-electron chi connectivity index (χ1n) is 6.75. The fraction of sp³-hybridized carbons (Fsp3) is 0.400. The van der Waals surface area contributed by atoms with Crippen LogP contribution < -0.4 is 5.32 Å². The molecule has 3 rings (SSSR count). The topological polar surface area (TPSA) is 29.9 Å². The summed E-state index contributed by atoms with van der Waals surface area (Å²) in [6.45, 7) is 4.22. The van der Waals surface area contributed by atoms with E-state index in [4.69, 9.17) is 0 Å². The van der Waals surface area contributed by atoms with Gasteiger partial charge in [0.25, 0.3) is 0 Å². The highest BCUT2D eigenvalue weighted by molar-refractivity contribution is 9.10. The maximum Gasteiger partial charge on any atom is 0.0568 e. The first kappa shape index (κ1) is 12.9. The Kier molecular flexibility index (Phi) is 3.71. The third-order valence-electron chi connectivity index (χ3n) is 3.69. The molecule has 1 aliphatic rings. The van der Waals surface area contributed by atoms with E-state index in [1.165, 1.54) is 29.5 Å². The van der Waals surface area contributed by atoms with Gasteiger partial charge in [-0.05, 0) is 43.5 Å². The molecular weight excluding hydrogens is 302 g/mol. The van der Waals surface area contributed by atoms with Crippen LogP contribution in [0.4, 0.5) is 0 Å². The molecule has 0 amide bonds. The Balaban J connectivity index is 1.78. The van der Waals surface area contributed by atoms with Crippen LogP contribution in [0.15, 0.2) is 35.1 Å². The number of halogens is 1. The molecule has 1 atom stereocenters. The molecule has 0 bridgehead atoms. The molecule has 4 heteroatoms. The Labute approximate surface area is 122 Å². The zero-order valence-corrected chi connectivity index (χ0v) is 12.7. The van der Waals surface area contributed by atoms with Crippen molar-refractivity contribution in [2.75, 3.05) is 6.54 Å². The third-order valence-corrected chi connectivity index (χ3v) is 4.58. The molecule has 1 N–H and O–H groups in total. The average molecular weight is 320 g/mol. The smallest absolute Gasteiger partial charge is 0.0568 e. The van der Waals surface area contributed by atoms with Crippen molar-refractivity contribution in [2.24, 2.45) is 0 Å². The quantitative estimate of drug-likeness (QED) is 0.940. The van der Waals surface area contributed by atoms with E-state index >= 15 is 0 Å². The third kappa shape index (κ3) is 2.90. The van der Waals surface area contributed by atoms with Gasteiger partial charge in [-0.1, -0.05) is 28.1 Å². The molecule has 1 unspecified atom stereocenters. The van der Waals surface area contributed by atoms with Gasteiger partial charge in [0.05, 0.1) is 12.7 Å². The summed E-state index contributed by atoms with van der Waals surface area (Å²) in [4.78, 5) is 0. The summed E-state index contributed by atoms with van der Waals surface area (Å²) in [6.07, 6.45) is 6.64. The highest BCUT2D eigenvalue weighted by Gasteiger charge is 2.15. The van der Waals surface area contributed by atoms with E-state index in [9.17, 15) is 0 Å². The fourth-order valence-electron chi connectivity index (χ4n) is 2.58. The van der Waals surface area contributed by atoms with Gasteiger partial charge < -0.3 is 5.32 Å². The van der Waals surface area contributed by atoms with Crippen LogP contribution in [0.25, 0.3) is 11.1 Å². The predicted molar refractivity (Wildman–Crippen MR) is 81.1 cm³/mol. The van der Waals surface area contributed by atoms with Gasteiger partial charge in [-0.3, -0.25) is 4.68 Å². The van der Waals surface area contributed by atoms with Crippen LogP contribution in [0.5, 0.6) is 0 Å². The lowest BCUT2D eigenvalue weighted by Crippen LogP contribution is -2.26. The van der Waals surface area contributed by atoms with Gasteiger partial charge in [-0.2, -0.15) is 5.10 Å². The lowest BCUT2D eigenvalue weighted by Gasteiger charge is -2.09. The molecule has 0 aliphatic carbocycles. The molecule has 1 aromatic heterocycles. The Morgan fingerprint density at radius 2 is 2.32 bits per heavy atom. The Hall–Kier alpha value is -1.13. The van der Waals surface area contributed by atoms with Gasteiger partial charge in [0, 0.05) is 22.3 Å². The standard InChI is InChI=1S/C15H18BrN3/c1-11-7-12(4-5-15(11)16)13-8-18-19(9-13)10-14-3-2-6-17-14/h4-5,7-9,14,17H,2-3,6,10H2,1H3. The predicted octanol–water partition coefficient (Wildman–Crippen LogP) is 3.37. The van der Waals surface area contributed by atoms with E-state index < -0.39 is 0 Å². The van der Waals surface area contributed by atoms with Crippen molar-refractivity contribution in [1.29, 1.82) is 0 Å². The maximum atomic E-state index is 4.47. The molecule has 1 aliphatic heterocycles. The molecule has 2 aromatic rings. The highest BCUT2D eigenvalue weighted by Crippen LogP contribution is 2.24. The lowest BCUT2D eigenvalue weighted by molar-refractivity contribution is 0.476. The summed E-state index contributed by atoms with van der Waals surface area (Å²) in [5.41, 5.74) is 3.67. The zero-order chi connectivity index (χ0) is 13.2. The summed E-state index contributed by atoms with van der Waals surface area (Å²) in [6, 6.07) is 7.01. The average Bonchev–Trinajstić information content (AvgIpc) is 3.05. The molecule has 0 spiro atoms. The number of hydrogen-bond donors (Lipinski definition) is 1. The molecule has 1 saturated heterocycles. The first-order valence-corrected chi connectivity index (χ1v) is 7.54. The summed E-state index contributed by atoms with van der Waals surface area (Å²) >= 11 is 3.54. The molecule has 1 aromatic carbocycles. The van der Waals surface area contributed by atoms with Crippen LogP contribution in [-0.2, 0) is 6.54 Å². The van der Waals surface area contributed by atoms with E-state index in [1.54, 1.807) is 0 Å². The summed E-state index contributed by atoms with van der Waals surface area (Å²) < 4.78 is 3.20. The minimum atomic E-state index is 0.583. The van der Waals surface area contributed by atoms with E-state index in [1.807, 2.05) is 6.20 Å². The van der Waals surface area contributed by atoms with E-state index in [2.05, 4.69) is 62.3 Å². The minimum Gasteiger partial charge on any atom is -0.312 e. The Morgan fingerprint density at radius 3 is 3.05 bits per heavy atom. The number of hydrogen-bond acceptors (Lipinski definition) is 2. The Bertz CT molecular complexity index is 571. The maximum absolute atomic E-state index is 4.47. The highest BCUT2D eigenvalue weighted by atomic mass is 79.9. The number of aromatic nitrogens is 2. The van der Waals surface area contributed by atoms with Crippen LogP contribution in [0, 0.1) is 6.92 Å². The normalized spacial score (nSPS) is 18.9. The van der Waals surface area contributed by atoms with Crippen molar-refractivity contribution in [3.63, 3.8) is 0 Å². The molecule has 19 heavy (non-hydrogen) atoms. The fourth-order valence-corrected chi connectivity index (χ4v) is 2.82. The van der Waals surface area contributed by atoms with E-state index in [0.717, 1.165) is 17.6 Å². The molecule has 100 valence electrons. The number of aryl methyl sites for hydroxylation is 1. The van der Waals surface area contributed by atoms with Crippen LogP contribution >= 0.6 is 15.9 Å². The second-order valence-corrected chi connectivity index (χ2v) is 6.06. The molecule has 3 nitrogen and oxygen atoms in total. The van der Waals surface area contributed by atoms with Crippen molar-refractivity contribution in [3.05, 3.63) is 40.6 Å². The lowest BCUT2D eigenvalue weighted by atomic mass is 10.1. The second kappa shape index (κ2) is 5.47. The monoisotopic (exact) mass is 319 g/mol. The largest absolute Gasteiger partial charge is 0.312 e. The van der Waals surface area contributed by atoms with Crippen molar-refractivity contribution < 1.29 is 0 Å². The molecule has 1 fully saturated rings. The number of nitrogens with zero attached hydrogens (tertiary/aromatic N) is 2. The van der Waals surface area contributed by atoms with E-state index in [0.29, 0.717) is 6.04 Å². The van der Waals surface area contributed by atoms with Gasteiger partial charge in [0.15, 0.2) is 0 Å². The molecule has 0 radical (unpaired) electrons. The Morgan fingerprint density at radius 1 is 1.42 bits per heavy atom. The first-order chi connectivity index (χ1) is 9.22. The summed E-state index contributed by atoms with van der Waals surface area (Å²) in [5, 5.41) is 7.98. The van der Waals surface area contributed by atoms with Crippen molar-refractivity contribution in [2.45, 2.75) is 32.4 Å². The number of rotatable bonds is 3. The van der Waals surface area contributed by atoms with Gasteiger partial charge in [0.1, 0.15) is 0 Å². The zero-order valence-electron chi connectivity index (χ0n) is 11.1. The second-order valence-electron chi connectivity index (χ2n) is 5.21. The van der Waals surface area contributed by atoms with E-state index in [-0.39, 0.29) is 0 Å². The van der Waals surface area contributed by atoms with Crippen molar-refractivity contribution in [3.8, 4) is 11.1 Å². The van der Waals surface area contributed by atoms with Crippen LogP contribution in [0.3, 0.4) is 0 Å². The van der Waals surface area contributed by atoms with Gasteiger partial charge in [0.2, 0.25) is 0 Å². The number of nitrogens with one attached hydrogen (secondary N) is 1. The summed E-state index contributed by atoms with van der Waals surface area (Å²) in [7, 11) is 0. The summed E-state index contributed by atoms with van der Waals surface area (Å²) in [5.74, 6) is 0.